The van der Waals surface area contributed by atoms with Crippen LogP contribution in [0, 0.1) is 5.92 Å². The second kappa shape index (κ2) is 10.1. The third-order valence-corrected chi connectivity index (χ3v) is 3.98. The highest BCUT2D eigenvalue weighted by atomic mass is 16.6. The first-order valence-corrected chi connectivity index (χ1v) is 8.78. The predicted octanol–water partition coefficient (Wildman–Crippen LogP) is 2.84. The Morgan fingerprint density at radius 2 is 1.48 bits per heavy atom. The Kier molecular flexibility index (Phi) is 7.55. The molecule has 2 atom stereocenters. The fourth-order valence-electron chi connectivity index (χ4n) is 2.48. The van der Waals surface area contributed by atoms with Gasteiger partial charge in [0.15, 0.2) is 0 Å². The van der Waals surface area contributed by atoms with E-state index in [-0.39, 0.29) is 19.1 Å². The standard InChI is InChI=1S/C21H23NO5/c1-3-26-21(25)18(14-22-19(23)16-10-6-4-7-11-16)15(2)27-20(24)17-12-8-5-9-13-17/h4-13,15,18H,3,14H2,1-2H3,(H,22,23)/t15-,18+/m1/s1. The van der Waals surface area contributed by atoms with Crippen LogP contribution < -0.4 is 5.32 Å². The summed E-state index contributed by atoms with van der Waals surface area (Å²) >= 11 is 0. The number of benzene rings is 2. The number of hydrogen-bond acceptors (Lipinski definition) is 5. The number of hydrogen-bond donors (Lipinski definition) is 1. The zero-order chi connectivity index (χ0) is 19.6. The lowest BCUT2D eigenvalue weighted by atomic mass is 10.0. The van der Waals surface area contributed by atoms with E-state index in [0.29, 0.717) is 11.1 Å². The second-order valence-corrected chi connectivity index (χ2v) is 5.91. The zero-order valence-corrected chi connectivity index (χ0v) is 15.4. The average molecular weight is 369 g/mol. The SMILES string of the molecule is CCOC(=O)[C@@H](CNC(=O)c1ccccc1)[C@@H](C)OC(=O)c1ccccc1. The molecule has 0 aliphatic carbocycles. The van der Waals surface area contributed by atoms with E-state index in [1.165, 1.54) is 0 Å². The van der Waals surface area contributed by atoms with E-state index < -0.39 is 24.0 Å². The largest absolute Gasteiger partial charge is 0.466 e. The number of carbonyl (C=O) groups excluding carboxylic acids is 3. The van der Waals surface area contributed by atoms with Gasteiger partial charge in [0.05, 0.1) is 12.2 Å². The monoisotopic (exact) mass is 369 g/mol. The molecular formula is C21H23NO5. The molecule has 0 aliphatic heterocycles. The van der Waals surface area contributed by atoms with Gasteiger partial charge in [-0.25, -0.2) is 4.79 Å². The van der Waals surface area contributed by atoms with E-state index in [1.54, 1.807) is 68.4 Å². The summed E-state index contributed by atoms with van der Waals surface area (Å²) in [5, 5.41) is 2.70. The van der Waals surface area contributed by atoms with Crippen LogP contribution in [0.1, 0.15) is 34.6 Å². The summed E-state index contributed by atoms with van der Waals surface area (Å²) in [7, 11) is 0. The molecule has 1 amide bonds. The fraction of sp³-hybridized carbons (Fsp3) is 0.286. The molecule has 6 nitrogen and oxygen atoms in total. The van der Waals surface area contributed by atoms with Crippen LogP contribution in [0.25, 0.3) is 0 Å². The molecule has 6 heteroatoms. The number of rotatable bonds is 8. The van der Waals surface area contributed by atoms with Gasteiger partial charge in [-0.1, -0.05) is 36.4 Å². The molecule has 0 unspecified atom stereocenters. The molecule has 0 aliphatic rings. The molecular weight excluding hydrogens is 346 g/mol. The van der Waals surface area contributed by atoms with E-state index in [4.69, 9.17) is 9.47 Å². The molecule has 2 aromatic rings. The summed E-state index contributed by atoms with van der Waals surface area (Å²) in [4.78, 5) is 36.7. The number of nitrogens with one attached hydrogen (secondary N) is 1. The Morgan fingerprint density at radius 3 is 2.04 bits per heavy atom. The van der Waals surface area contributed by atoms with E-state index >= 15 is 0 Å². The Morgan fingerprint density at radius 1 is 0.926 bits per heavy atom. The maximum atomic E-state index is 12.3. The first-order chi connectivity index (χ1) is 13.0. The topological polar surface area (TPSA) is 81.7 Å². The van der Waals surface area contributed by atoms with Crippen LogP contribution in [0.15, 0.2) is 60.7 Å². The van der Waals surface area contributed by atoms with Crippen LogP contribution in [0.3, 0.4) is 0 Å². The average Bonchev–Trinajstić information content (AvgIpc) is 2.69. The lowest BCUT2D eigenvalue weighted by Crippen LogP contribution is -2.41. The molecule has 0 saturated carbocycles. The third kappa shape index (κ3) is 5.95. The first-order valence-electron chi connectivity index (χ1n) is 8.78. The maximum Gasteiger partial charge on any atom is 0.338 e. The van der Waals surface area contributed by atoms with Crippen molar-refractivity contribution >= 4 is 17.8 Å². The minimum absolute atomic E-state index is 0.00417. The van der Waals surface area contributed by atoms with Gasteiger partial charge >= 0.3 is 11.9 Å². The van der Waals surface area contributed by atoms with Crippen LogP contribution in [0.4, 0.5) is 0 Å². The highest BCUT2D eigenvalue weighted by Gasteiger charge is 2.30. The van der Waals surface area contributed by atoms with Gasteiger partial charge in [-0.15, -0.1) is 0 Å². The van der Waals surface area contributed by atoms with Crippen molar-refractivity contribution in [1.29, 1.82) is 0 Å². The van der Waals surface area contributed by atoms with Gasteiger partial charge in [-0.3, -0.25) is 9.59 Å². The van der Waals surface area contributed by atoms with Crippen molar-refractivity contribution in [2.24, 2.45) is 5.92 Å². The maximum absolute atomic E-state index is 12.3. The lowest BCUT2D eigenvalue weighted by molar-refractivity contribution is -0.151. The van der Waals surface area contributed by atoms with Crippen LogP contribution >= 0.6 is 0 Å². The smallest absolute Gasteiger partial charge is 0.338 e. The van der Waals surface area contributed by atoms with E-state index in [9.17, 15) is 14.4 Å². The van der Waals surface area contributed by atoms with Gasteiger partial charge in [-0.05, 0) is 38.1 Å². The fourth-order valence-corrected chi connectivity index (χ4v) is 2.48. The van der Waals surface area contributed by atoms with E-state index in [0.717, 1.165) is 0 Å². The summed E-state index contributed by atoms with van der Waals surface area (Å²) < 4.78 is 10.5. The Labute approximate surface area is 158 Å². The third-order valence-electron chi connectivity index (χ3n) is 3.98. The molecule has 142 valence electrons. The lowest BCUT2D eigenvalue weighted by Gasteiger charge is -2.23. The minimum atomic E-state index is -0.815. The molecule has 2 aromatic carbocycles. The summed E-state index contributed by atoms with van der Waals surface area (Å²) in [5.74, 6) is -2.19. The molecule has 0 spiro atoms. The van der Waals surface area contributed by atoms with Crippen LogP contribution in [0.5, 0.6) is 0 Å². The summed E-state index contributed by atoms with van der Waals surface area (Å²) in [6.45, 7) is 3.49. The van der Waals surface area contributed by atoms with Crippen molar-refractivity contribution in [1.82, 2.24) is 5.32 Å². The van der Waals surface area contributed by atoms with Crippen molar-refractivity contribution in [3.63, 3.8) is 0 Å². The molecule has 0 aromatic heterocycles. The number of ether oxygens (including phenoxy) is 2. The molecule has 2 rings (SSSR count). The van der Waals surface area contributed by atoms with Gasteiger partial charge in [0.25, 0.3) is 5.91 Å². The van der Waals surface area contributed by atoms with Crippen molar-refractivity contribution < 1.29 is 23.9 Å². The Hall–Kier alpha value is -3.15. The molecule has 27 heavy (non-hydrogen) atoms. The van der Waals surface area contributed by atoms with E-state index in [2.05, 4.69) is 5.32 Å². The highest BCUT2D eigenvalue weighted by Crippen LogP contribution is 2.13. The predicted molar refractivity (Wildman–Crippen MR) is 100 cm³/mol. The quantitative estimate of drug-likeness (QED) is 0.724. The van der Waals surface area contributed by atoms with Gasteiger partial charge in [0.2, 0.25) is 0 Å². The number of amides is 1. The molecule has 0 saturated heterocycles. The molecule has 0 bridgehead atoms. The van der Waals surface area contributed by atoms with Gasteiger partial charge in [0.1, 0.15) is 12.0 Å². The first kappa shape index (κ1) is 20.2. The van der Waals surface area contributed by atoms with Gasteiger partial charge in [-0.2, -0.15) is 0 Å². The highest BCUT2D eigenvalue weighted by molar-refractivity contribution is 5.94. The molecule has 1 N–H and O–H groups in total. The van der Waals surface area contributed by atoms with E-state index in [1.807, 2.05) is 6.07 Å². The van der Waals surface area contributed by atoms with Crippen LogP contribution in [-0.2, 0) is 14.3 Å². The normalized spacial score (nSPS) is 12.5. The zero-order valence-electron chi connectivity index (χ0n) is 15.4. The Balaban J connectivity index is 2.03. The second-order valence-electron chi connectivity index (χ2n) is 5.91. The van der Waals surface area contributed by atoms with Crippen LogP contribution in [0.2, 0.25) is 0 Å². The Bertz CT molecular complexity index is 761. The van der Waals surface area contributed by atoms with Gasteiger partial charge in [0, 0.05) is 12.1 Å². The van der Waals surface area contributed by atoms with Crippen LogP contribution in [-0.4, -0.2) is 37.1 Å². The summed E-state index contributed by atoms with van der Waals surface area (Å²) in [6.07, 6.45) is -0.771. The molecule has 0 radical (unpaired) electrons. The van der Waals surface area contributed by atoms with Crippen molar-refractivity contribution in [3.8, 4) is 0 Å². The van der Waals surface area contributed by atoms with Crippen molar-refractivity contribution in [3.05, 3.63) is 71.8 Å². The summed E-state index contributed by atoms with van der Waals surface area (Å²) in [6, 6.07) is 17.2. The number of carbonyl (C=O) groups is 3. The summed E-state index contributed by atoms with van der Waals surface area (Å²) in [5.41, 5.74) is 0.870. The molecule has 0 fully saturated rings. The van der Waals surface area contributed by atoms with Crippen molar-refractivity contribution in [2.75, 3.05) is 13.2 Å². The minimum Gasteiger partial charge on any atom is -0.466 e. The van der Waals surface area contributed by atoms with Gasteiger partial charge < -0.3 is 14.8 Å². The van der Waals surface area contributed by atoms with Crippen molar-refractivity contribution in [2.45, 2.75) is 20.0 Å². The molecule has 0 heterocycles. The number of esters is 2.